The first-order chi connectivity index (χ1) is 1.73. The number of aliphatic carboxylic acids is 1. The van der Waals surface area contributed by atoms with Crippen LogP contribution in [-0.2, 0) is 4.79 Å². The van der Waals surface area contributed by atoms with Crippen molar-refractivity contribution in [3.63, 3.8) is 0 Å². The van der Waals surface area contributed by atoms with Crippen molar-refractivity contribution in [2.75, 3.05) is 0 Å². The third-order valence-electron chi connectivity index (χ3n) is 0. The first-order valence-electron chi connectivity index (χ1n) is 0.928. The Bertz CT molecular complexity index is 36.7. The summed E-state index contributed by atoms with van der Waals surface area (Å²) >= 11 is 0. The smallest absolute Gasteiger partial charge is 0.300 e. The molecular formula is C2H10CeN2O2. The summed E-state index contributed by atoms with van der Waals surface area (Å²) in [6.45, 7) is 1.08. The maximum absolute atomic E-state index is 9.00. The van der Waals surface area contributed by atoms with Crippen LogP contribution < -0.4 is 12.3 Å². The Morgan fingerprint density at radius 3 is 1.43 bits per heavy atom. The molecule has 44 valence electrons. The predicted molar refractivity (Wildman–Crippen MR) is 23.4 cm³/mol. The number of hydrogen-bond acceptors (Lipinski definition) is 3. The monoisotopic (exact) mass is 234 g/mol. The van der Waals surface area contributed by atoms with Crippen molar-refractivity contribution in [2.45, 2.75) is 6.92 Å². The van der Waals surface area contributed by atoms with Crippen LogP contribution in [0.15, 0.2) is 0 Å². The van der Waals surface area contributed by atoms with Gasteiger partial charge in [0, 0.05) is 48.7 Å². The van der Waals surface area contributed by atoms with Crippen LogP contribution in [0.1, 0.15) is 6.92 Å². The summed E-state index contributed by atoms with van der Waals surface area (Å²) in [5.74, 6) is -0.833. The van der Waals surface area contributed by atoms with E-state index >= 15 is 0 Å². The number of hydrogen-bond donors (Lipinski definition) is 3. The zero-order valence-electron chi connectivity index (χ0n) is 4.27. The minimum absolute atomic E-state index is 0. The van der Waals surface area contributed by atoms with Crippen molar-refractivity contribution in [1.82, 2.24) is 12.3 Å². The van der Waals surface area contributed by atoms with Crippen molar-refractivity contribution in [1.29, 1.82) is 0 Å². The molecule has 0 aliphatic rings. The van der Waals surface area contributed by atoms with Gasteiger partial charge in [0.1, 0.15) is 0 Å². The Morgan fingerprint density at radius 2 is 1.43 bits per heavy atom. The average Bonchev–Trinajstić information content (AvgIpc) is 0.811. The Morgan fingerprint density at radius 1 is 1.43 bits per heavy atom. The molecule has 0 bridgehead atoms. The van der Waals surface area contributed by atoms with Gasteiger partial charge in [-0.1, -0.05) is 0 Å². The Kier molecular flexibility index (Phi) is 56.8. The largest absolute Gasteiger partial charge is 0.481 e. The molecule has 0 spiro atoms. The summed E-state index contributed by atoms with van der Waals surface area (Å²) in [6, 6.07) is 0. The topological polar surface area (TPSA) is 107 Å². The van der Waals surface area contributed by atoms with Crippen LogP contribution in [-0.4, -0.2) is 11.1 Å². The fourth-order valence-electron chi connectivity index (χ4n) is 0. The van der Waals surface area contributed by atoms with Crippen LogP contribution >= 0.6 is 0 Å². The quantitative estimate of drug-likeness (QED) is 0.564. The van der Waals surface area contributed by atoms with Crippen molar-refractivity contribution >= 4 is 5.97 Å². The zero-order valence-corrected chi connectivity index (χ0v) is 7.41. The Labute approximate surface area is 76.2 Å². The van der Waals surface area contributed by atoms with Gasteiger partial charge < -0.3 is 17.4 Å². The van der Waals surface area contributed by atoms with Gasteiger partial charge >= 0.3 is 0 Å². The third-order valence-corrected chi connectivity index (χ3v) is 0. The fraction of sp³-hybridized carbons (Fsp3) is 0.500. The molecule has 0 aromatic rings. The second-order valence-electron chi connectivity index (χ2n) is 0.519. The van der Waals surface area contributed by atoms with Crippen LogP contribution in [0.5, 0.6) is 0 Å². The molecule has 0 unspecified atom stereocenters. The van der Waals surface area contributed by atoms with Gasteiger partial charge in [-0.2, -0.15) is 0 Å². The zero-order chi connectivity index (χ0) is 3.58. The summed E-state index contributed by atoms with van der Waals surface area (Å²) < 4.78 is 0. The van der Waals surface area contributed by atoms with E-state index < -0.39 is 5.97 Å². The molecule has 0 atom stereocenters. The fourth-order valence-corrected chi connectivity index (χ4v) is 0. The molecule has 0 rings (SSSR count). The number of carbonyl (C=O) groups is 1. The summed E-state index contributed by atoms with van der Waals surface area (Å²) in [5.41, 5.74) is 0. The molecule has 4 nitrogen and oxygen atoms in total. The maximum atomic E-state index is 9.00. The predicted octanol–water partition coefficient (Wildman–Crippen LogP) is 0.415. The molecule has 0 aliphatic carbocycles. The molecule has 0 saturated carbocycles. The molecule has 0 aliphatic heterocycles. The molecule has 0 saturated heterocycles. The first kappa shape index (κ1) is 25.1. The van der Waals surface area contributed by atoms with E-state index in [4.69, 9.17) is 9.90 Å². The van der Waals surface area contributed by atoms with E-state index in [0.717, 1.165) is 6.92 Å². The van der Waals surface area contributed by atoms with Crippen molar-refractivity contribution in [2.24, 2.45) is 0 Å². The average molecular weight is 234 g/mol. The molecular weight excluding hydrogens is 224 g/mol. The molecule has 0 amide bonds. The molecule has 0 fully saturated rings. The number of carboxylic acid groups (broad SMARTS) is 1. The van der Waals surface area contributed by atoms with Crippen LogP contribution in [0.4, 0.5) is 0 Å². The van der Waals surface area contributed by atoms with Crippen molar-refractivity contribution in [3.05, 3.63) is 0 Å². The van der Waals surface area contributed by atoms with E-state index in [1.807, 2.05) is 0 Å². The summed E-state index contributed by atoms with van der Waals surface area (Å²) in [7, 11) is 0. The van der Waals surface area contributed by atoms with E-state index in [2.05, 4.69) is 0 Å². The van der Waals surface area contributed by atoms with Crippen LogP contribution in [0, 0.1) is 41.7 Å². The van der Waals surface area contributed by atoms with Gasteiger partial charge in [0.25, 0.3) is 5.97 Å². The minimum Gasteiger partial charge on any atom is -0.481 e. The van der Waals surface area contributed by atoms with Gasteiger partial charge in [-0.3, -0.25) is 4.79 Å². The van der Waals surface area contributed by atoms with E-state index in [0.29, 0.717) is 0 Å². The van der Waals surface area contributed by atoms with E-state index in [1.54, 1.807) is 0 Å². The van der Waals surface area contributed by atoms with Crippen molar-refractivity contribution < 1.29 is 51.6 Å². The van der Waals surface area contributed by atoms with Gasteiger partial charge in [0.2, 0.25) is 0 Å². The molecule has 7 heavy (non-hydrogen) atoms. The second kappa shape index (κ2) is 15.9. The third kappa shape index (κ3) is 262. The van der Waals surface area contributed by atoms with Crippen LogP contribution in [0.3, 0.4) is 0 Å². The number of rotatable bonds is 0. The van der Waals surface area contributed by atoms with Gasteiger partial charge in [-0.05, 0) is 0 Å². The molecule has 5 heteroatoms. The SMILES string of the molecule is CC(=O)O.N.N.[Ce]. The summed E-state index contributed by atoms with van der Waals surface area (Å²) in [5, 5.41) is 7.42. The maximum Gasteiger partial charge on any atom is 0.300 e. The second-order valence-corrected chi connectivity index (χ2v) is 0.519. The first-order valence-corrected chi connectivity index (χ1v) is 0.928. The van der Waals surface area contributed by atoms with E-state index in [1.165, 1.54) is 0 Å². The summed E-state index contributed by atoms with van der Waals surface area (Å²) in [6.07, 6.45) is 0. The molecule has 0 aromatic carbocycles. The minimum atomic E-state index is -0.833. The van der Waals surface area contributed by atoms with Gasteiger partial charge in [0.05, 0.1) is 0 Å². The molecule has 0 aromatic heterocycles. The van der Waals surface area contributed by atoms with Gasteiger partial charge in [-0.15, -0.1) is 0 Å². The standard InChI is InChI=1S/C2H4O2.Ce.2H3N/c1-2(3)4;;;/h1H3,(H,3,4);;2*1H3. The van der Waals surface area contributed by atoms with Crippen LogP contribution in [0.2, 0.25) is 0 Å². The Hall–Kier alpha value is 0.767. The van der Waals surface area contributed by atoms with E-state index in [9.17, 15) is 0 Å². The summed E-state index contributed by atoms with van der Waals surface area (Å²) in [4.78, 5) is 9.00. The van der Waals surface area contributed by atoms with Gasteiger partial charge in [0.15, 0.2) is 0 Å². The van der Waals surface area contributed by atoms with Gasteiger partial charge in [-0.25, -0.2) is 0 Å². The van der Waals surface area contributed by atoms with E-state index in [-0.39, 0.29) is 54.0 Å². The normalized spacial score (nSPS) is 3.57. The molecule has 0 heterocycles. The Balaban J connectivity index is -0.0000000150. The molecule has 0 radical (unpaired) electrons. The van der Waals surface area contributed by atoms with Crippen LogP contribution in [0.25, 0.3) is 0 Å². The molecule has 7 N–H and O–H groups in total. The van der Waals surface area contributed by atoms with Crippen molar-refractivity contribution in [3.8, 4) is 0 Å². The number of carboxylic acids is 1.